The van der Waals surface area contributed by atoms with Crippen LogP contribution < -0.4 is 0 Å². The second-order valence-corrected chi connectivity index (χ2v) is 4.02. The van der Waals surface area contributed by atoms with Crippen LogP contribution >= 0.6 is 0 Å². The molecule has 0 fully saturated rings. The molecule has 0 aliphatic rings. The van der Waals surface area contributed by atoms with E-state index in [1.165, 1.54) is 0 Å². The van der Waals surface area contributed by atoms with Crippen molar-refractivity contribution in [3.05, 3.63) is 66.1 Å². The molecule has 1 aromatic carbocycles. The van der Waals surface area contributed by atoms with Crippen LogP contribution in [0.5, 0.6) is 0 Å². The molecule has 0 unspecified atom stereocenters. The van der Waals surface area contributed by atoms with Crippen LogP contribution in [0.4, 0.5) is 0 Å². The minimum absolute atomic E-state index is 0.0759. The van der Waals surface area contributed by atoms with E-state index in [4.69, 9.17) is 0 Å². The van der Waals surface area contributed by atoms with Gasteiger partial charge >= 0.3 is 0 Å². The number of fused-ring (bicyclic) bond motifs is 1. The number of hydrogen-bond acceptors (Lipinski definition) is 3. The van der Waals surface area contributed by atoms with Crippen LogP contribution in [-0.2, 0) is 6.42 Å². The van der Waals surface area contributed by atoms with Gasteiger partial charge in [0, 0.05) is 17.8 Å². The second kappa shape index (κ2) is 4.41. The summed E-state index contributed by atoms with van der Waals surface area (Å²) in [7, 11) is 0. The highest BCUT2D eigenvalue weighted by Crippen LogP contribution is 2.07. The molecule has 2 heterocycles. The fraction of sp³-hybridized carbons (Fsp3) is 0.0714. The standard InChI is InChI=1S/C14H11N3O/c18-13(11-4-2-1-3-5-11)10-12-7-9-17-14(16-12)6-8-15-17/h1-9H,10H2. The molecule has 18 heavy (non-hydrogen) atoms. The molecule has 4 heteroatoms. The Morgan fingerprint density at radius 3 is 2.78 bits per heavy atom. The molecule has 4 nitrogen and oxygen atoms in total. The van der Waals surface area contributed by atoms with E-state index in [1.54, 1.807) is 10.7 Å². The van der Waals surface area contributed by atoms with Crippen LogP contribution in [0, 0.1) is 0 Å². The predicted octanol–water partition coefficient (Wildman–Crippen LogP) is 2.15. The molecular weight excluding hydrogens is 226 g/mol. The van der Waals surface area contributed by atoms with Crippen molar-refractivity contribution in [2.24, 2.45) is 0 Å². The highest BCUT2D eigenvalue weighted by Gasteiger charge is 2.08. The fourth-order valence-corrected chi connectivity index (χ4v) is 1.84. The Balaban J connectivity index is 1.86. The lowest BCUT2D eigenvalue weighted by Crippen LogP contribution is -2.05. The molecule has 0 aliphatic heterocycles. The smallest absolute Gasteiger partial charge is 0.168 e. The summed E-state index contributed by atoms with van der Waals surface area (Å²) in [4.78, 5) is 16.4. The zero-order chi connectivity index (χ0) is 12.4. The summed E-state index contributed by atoms with van der Waals surface area (Å²) < 4.78 is 1.68. The van der Waals surface area contributed by atoms with Gasteiger partial charge in [0.05, 0.1) is 18.3 Å². The van der Waals surface area contributed by atoms with Gasteiger partial charge in [0.1, 0.15) is 0 Å². The lowest BCUT2D eigenvalue weighted by Gasteiger charge is -2.01. The van der Waals surface area contributed by atoms with Crippen molar-refractivity contribution in [2.75, 3.05) is 0 Å². The highest BCUT2D eigenvalue weighted by atomic mass is 16.1. The van der Waals surface area contributed by atoms with Crippen molar-refractivity contribution in [1.29, 1.82) is 0 Å². The molecule has 0 bridgehead atoms. The molecular formula is C14H11N3O. The summed E-state index contributed by atoms with van der Waals surface area (Å²) in [5, 5.41) is 4.07. The Morgan fingerprint density at radius 2 is 1.94 bits per heavy atom. The largest absolute Gasteiger partial charge is 0.294 e. The van der Waals surface area contributed by atoms with Gasteiger partial charge in [0.2, 0.25) is 0 Å². The monoisotopic (exact) mass is 237 g/mol. The summed E-state index contributed by atoms with van der Waals surface area (Å²) >= 11 is 0. The van der Waals surface area contributed by atoms with Crippen molar-refractivity contribution in [2.45, 2.75) is 6.42 Å². The van der Waals surface area contributed by atoms with E-state index in [9.17, 15) is 4.79 Å². The summed E-state index contributed by atoms with van der Waals surface area (Å²) in [6.45, 7) is 0. The summed E-state index contributed by atoms with van der Waals surface area (Å²) in [6, 6.07) is 12.9. The number of aromatic nitrogens is 3. The van der Waals surface area contributed by atoms with Crippen molar-refractivity contribution < 1.29 is 4.79 Å². The lowest BCUT2D eigenvalue weighted by molar-refractivity contribution is 0.0992. The van der Waals surface area contributed by atoms with E-state index in [1.807, 2.05) is 48.7 Å². The Morgan fingerprint density at radius 1 is 1.11 bits per heavy atom. The first-order chi connectivity index (χ1) is 8.83. The third-order valence-corrected chi connectivity index (χ3v) is 2.75. The first kappa shape index (κ1) is 10.7. The Labute approximate surface area is 104 Å². The zero-order valence-electron chi connectivity index (χ0n) is 9.65. The minimum Gasteiger partial charge on any atom is -0.294 e. The normalized spacial score (nSPS) is 10.7. The van der Waals surface area contributed by atoms with Crippen molar-refractivity contribution >= 4 is 11.4 Å². The van der Waals surface area contributed by atoms with Gasteiger partial charge in [-0.05, 0) is 6.07 Å². The molecule has 0 N–H and O–H groups in total. The molecule has 0 saturated heterocycles. The van der Waals surface area contributed by atoms with Gasteiger partial charge in [-0.2, -0.15) is 5.10 Å². The number of benzene rings is 1. The Kier molecular flexibility index (Phi) is 2.61. The first-order valence-electron chi connectivity index (χ1n) is 5.70. The third-order valence-electron chi connectivity index (χ3n) is 2.75. The molecule has 3 rings (SSSR count). The lowest BCUT2D eigenvalue weighted by atomic mass is 10.1. The second-order valence-electron chi connectivity index (χ2n) is 4.02. The van der Waals surface area contributed by atoms with Crippen LogP contribution in [-0.4, -0.2) is 20.4 Å². The summed E-state index contributed by atoms with van der Waals surface area (Å²) in [6.07, 6.45) is 3.81. The van der Waals surface area contributed by atoms with Crippen molar-refractivity contribution in [3.63, 3.8) is 0 Å². The number of ketones is 1. The molecule has 0 aliphatic carbocycles. The number of Topliss-reactive ketones (excluding diaryl/α,β-unsaturated/α-hetero) is 1. The maximum absolute atomic E-state index is 12.0. The van der Waals surface area contributed by atoms with Gasteiger partial charge in [-0.1, -0.05) is 30.3 Å². The number of hydrogen-bond donors (Lipinski definition) is 0. The average Bonchev–Trinajstić information content (AvgIpc) is 2.87. The quantitative estimate of drug-likeness (QED) is 0.656. The van der Waals surface area contributed by atoms with E-state index in [-0.39, 0.29) is 5.78 Å². The third kappa shape index (κ3) is 2.00. The maximum atomic E-state index is 12.0. The van der Waals surface area contributed by atoms with Gasteiger partial charge in [-0.25, -0.2) is 9.50 Å². The van der Waals surface area contributed by atoms with Crippen LogP contribution in [0.2, 0.25) is 0 Å². The zero-order valence-corrected chi connectivity index (χ0v) is 9.65. The molecule has 3 aromatic rings. The van der Waals surface area contributed by atoms with Crippen molar-refractivity contribution in [1.82, 2.24) is 14.6 Å². The van der Waals surface area contributed by atoms with Gasteiger partial charge in [-0.3, -0.25) is 4.79 Å². The molecule has 0 saturated carbocycles. The topological polar surface area (TPSA) is 47.3 Å². The van der Waals surface area contributed by atoms with Gasteiger partial charge in [0.15, 0.2) is 11.4 Å². The van der Waals surface area contributed by atoms with Gasteiger partial charge in [0.25, 0.3) is 0 Å². The Bertz CT molecular complexity index is 688. The van der Waals surface area contributed by atoms with Crippen LogP contribution in [0.15, 0.2) is 54.9 Å². The van der Waals surface area contributed by atoms with E-state index < -0.39 is 0 Å². The van der Waals surface area contributed by atoms with Crippen LogP contribution in [0.25, 0.3) is 5.65 Å². The molecule has 0 atom stereocenters. The first-order valence-corrected chi connectivity index (χ1v) is 5.70. The highest BCUT2D eigenvalue weighted by molar-refractivity contribution is 5.97. The molecule has 0 spiro atoms. The molecule has 0 radical (unpaired) electrons. The Hall–Kier alpha value is -2.49. The molecule has 0 amide bonds. The van der Waals surface area contributed by atoms with Gasteiger partial charge < -0.3 is 0 Å². The number of carbonyl (C=O) groups is 1. The predicted molar refractivity (Wildman–Crippen MR) is 67.5 cm³/mol. The number of carbonyl (C=O) groups excluding carboxylic acids is 1. The number of nitrogens with zero attached hydrogens (tertiary/aromatic N) is 3. The van der Waals surface area contributed by atoms with Gasteiger partial charge in [-0.15, -0.1) is 0 Å². The van der Waals surface area contributed by atoms with Crippen molar-refractivity contribution in [3.8, 4) is 0 Å². The van der Waals surface area contributed by atoms with E-state index in [0.29, 0.717) is 12.0 Å². The van der Waals surface area contributed by atoms with Crippen LogP contribution in [0.1, 0.15) is 16.1 Å². The summed E-state index contributed by atoms with van der Waals surface area (Å²) in [5.41, 5.74) is 2.23. The summed E-state index contributed by atoms with van der Waals surface area (Å²) in [5.74, 6) is 0.0759. The van der Waals surface area contributed by atoms with E-state index >= 15 is 0 Å². The SMILES string of the molecule is O=C(Cc1ccn2nccc2n1)c1ccccc1. The molecule has 2 aromatic heterocycles. The van der Waals surface area contributed by atoms with Crippen LogP contribution in [0.3, 0.4) is 0 Å². The maximum Gasteiger partial charge on any atom is 0.168 e. The van der Waals surface area contributed by atoms with E-state index in [0.717, 1.165) is 11.3 Å². The average molecular weight is 237 g/mol. The fourth-order valence-electron chi connectivity index (χ4n) is 1.84. The van der Waals surface area contributed by atoms with E-state index in [2.05, 4.69) is 10.1 Å². The minimum atomic E-state index is 0.0759. The number of rotatable bonds is 3. The molecule has 88 valence electrons.